The van der Waals surface area contributed by atoms with Crippen LogP contribution in [-0.4, -0.2) is 41.8 Å². The Morgan fingerprint density at radius 3 is 2.43 bits per heavy atom. The Morgan fingerprint density at radius 2 is 1.77 bits per heavy atom. The average Bonchev–Trinajstić information content (AvgIpc) is 2.73. The highest BCUT2D eigenvalue weighted by Crippen LogP contribution is 2.16. The number of nitrogens with one attached hydrogen (secondary N) is 1. The van der Waals surface area contributed by atoms with E-state index in [-0.39, 0.29) is 17.9 Å². The summed E-state index contributed by atoms with van der Waals surface area (Å²) in [5.74, 6) is -0.112. The molecule has 0 bridgehead atoms. The molecule has 1 aliphatic heterocycles. The second-order valence-corrected chi connectivity index (χ2v) is 7.74. The first-order valence-electron chi connectivity index (χ1n) is 10.3. The number of rotatable bonds is 6. The molecule has 1 aliphatic rings. The fourth-order valence-electron chi connectivity index (χ4n) is 3.57. The second-order valence-electron chi connectivity index (χ2n) is 7.74. The van der Waals surface area contributed by atoms with E-state index in [9.17, 15) is 14.4 Å². The molecule has 6 heteroatoms. The molecule has 2 aromatic rings. The average molecular weight is 408 g/mol. The van der Waals surface area contributed by atoms with E-state index in [1.165, 1.54) is 18.1 Å². The number of hydrogen-bond donors (Lipinski definition) is 1. The van der Waals surface area contributed by atoms with Crippen molar-refractivity contribution in [3.63, 3.8) is 0 Å². The molecule has 3 rings (SSSR count). The predicted octanol–water partition coefficient (Wildman–Crippen LogP) is 3.27. The molecule has 1 saturated heterocycles. The highest BCUT2D eigenvalue weighted by molar-refractivity contribution is 5.95. The molecule has 6 nitrogen and oxygen atoms in total. The minimum atomic E-state index is -0.424. The summed E-state index contributed by atoms with van der Waals surface area (Å²) in [6, 6.07) is 14.9. The van der Waals surface area contributed by atoms with Gasteiger partial charge in [-0.05, 0) is 49.9 Å². The number of amides is 2. The Morgan fingerprint density at radius 1 is 1.07 bits per heavy atom. The van der Waals surface area contributed by atoms with Gasteiger partial charge in [0, 0.05) is 38.0 Å². The zero-order chi connectivity index (χ0) is 21.5. The van der Waals surface area contributed by atoms with E-state index in [4.69, 9.17) is 4.74 Å². The number of carbonyl (C=O) groups is 3. The number of nitrogens with zero attached hydrogens (tertiary/aromatic N) is 1. The molecule has 1 fully saturated rings. The van der Waals surface area contributed by atoms with Crippen molar-refractivity contribution in [2.45, 2.75) is 45.6 Å². The maximum absolute atomic E-state index is 12.5. The highest BCUT2D eigenvalue weighted by atomic mass is 16.5. The lowest BCUT2D eigenvalue weighted by Gasteiger charge is -2.32. The first-order chi connectivity index (χ1) is 14.4. The van der Waals surface area contributed by atoms with Gasteiger partial charge in [0.2, 0.25) is 5.91 Å². The molecular weight excluding hydrogens is 380 g/mol. The lowest BCUT2D eigenvalue weighted by Crippen LogP contribution is -2.46. The zero-order valence-corrected chi connectivity index (χ0v) is 17.5. The summed E-state index contributed by atoms with van der Waals surface area (Å²) in [6.07, 6.45) is 2.70. The van der Waals surface area contributed by atoms with Gasteiger partial charge in [-0.3, -0.25) is 14.4 Å². The van der Waals surface area contributed by atoms with Crippen LogP contribution in [-0.2, 0) is 16.0 Å². The Balaban J connectivity index is 1.44. The molecule has 0 aromatic heterocycles. The lowest BCUT2D eigenvalue weighted by molar-refractivity contribution is -0.133. The van der Waals surface area contributed by atoms with Crippen LogP contribution in [0.25, 0.3) is 0 Å². The summed E-state index contributed by atoms with van der Waals surface area (Å²) in [6.45, 7) is 4.66. The standard InChI is InChI=1S/C24H28N2O4/c1-17-6-8-19(9-7-17)10-11-23(28)26-14-12-21(13-15-26)25-24(29)20-4-3-5-22(16-20)30-18(2)27/h3-9,16,21H,10-15H2,1-2H3,(H,25,29). The van der Waals surface area contributed by atoms with Crippen molar-refractivity contribution in [3.8, 4) is 5.75 Å². The van der Waals surface area contributed by atoms with Crippen LogP contribution >= 0.6 is 0 Å². The number of hydrogen-bond acceptors (Lipinski definition) is 4. The number of benzene rings is 2. The third-order valence-electron chi connectivity index (χ3n) is 5.29. The molecule has 0 unspecified atom stereocenters. The minimum absolute atomic E-state index is 0.0241. The van der Waals surface area contributed by atoms with Crippen molar-refractivity contribution in [1.82, 2.24) is 10.2 Å². The van der Waals surface area contributed by atoms with E-state index in [0.29, 0.717) is 30.8 Å². The molecule has 158 valence electrons. The van der Waals surface area contributed by atoms with E-state index < -0.39 is 5.97 Å². The maximum Gasteiger partial charge on any atom is 0.308 e. The molecule has 1 heterocycles. The Bertz CT molecular complexity index is 900. The molecule has 2 aromatic carbocycles. The molecule has 0 atom stereocenters. The van der Waals surface area contributed by atoms with Crippen LogP contribution in [0.5, 0.6) is 5.75 Å². The van der Waals surface area contributed by atoms with E-state index in [1.807, 2.05) is 4.90 Å². The van der Waals surface area contributed by atoms with Crippen molar-refractivity contribution in [1.29, 1.82) is 0 Å². The van der Waals surface area contributed by atoms with Gasteiger partial charge in [0.15, 0.2) is 0 Å². The first kappa shape index (κ1) is 21.6. The predicted molar refractivity (Wildman–Crippen MR) is 114 cm³/mol. The largest absolute Gasteiger partial charge is 0.427 e. The summed E-state index contributed by atoms with van der Waals surface area (Å²) in [5, 5.41) is 3.02. The van der Waals surface area contributed by atoms with Crippen LogP contribution in [0.4, 0.5) is 0 Å². The summed E-state index contributed by atoms with van der Waals surface area (Å²) in [5.41, 5.74) is 2.84. The number of likely N-dealkylation sites (tertiary alicyclic amines) is 1. The number of esters is 1. The second kappa shape index (κ2) is 10.1. The van der Waals surface area contributed by atoms with Gasteiger partial charge in [-0.15, -0.1) is 0 Å². The van der Waals surface area contributed by atoms with Gasteiger partial charge in [-0.2, -0.15) is 0 Å². The summed E-state index contributed by atoms with van der Waals surface area (Å²) in [7, 11) is 0. The molecule has 0 radical (unpaired) electrons. The van der Waals surface area contributed by atoms with Crippen LogP contribution in [0.2, 0.25) is 0 Å². The van der Waals surface area contributed by atoms with Gasteiger partial charge >= 0.3 is 5.97 Å². The van der Waals surface area contributed by atoms with Gasteiger partial charge in [0.1, 0.15) is 5.75 Å². The Labute approximate surface area is 177 Å². The van der Waals surface area contributed by atoms with Gasteiger partial charge < -0.3 is 15.0 Å². The Kier molecular flexibility index (Phi) is 7.22. The SMILES string of the molecule is CC(=O)Oc1cccc(C(=O)NC2CCN(C(=O)CCc3ccc(C)cc3)CC2)c1. The van der Waals surface area contributed by atoms with E-state index in [0.717, 1.165) is 19.3 Å². The third kappa shape index (κ3) is 6.17. The van der Waals surface area contributed by atoms with Crippen LogP contribution < -0.4 is 10.1 Å². The van der Waals surface area contributed by atoms with Crippen LogP contribution in [0.3, 0.4) is 0 Å². The summed E-state index contributed by atoms with van der Waals surface area (Å²) in [4.78, 5) is 38.0. The van der Waals surface area contributed by atoms with E-state index in [2.05, 4.69) is 36.5 Å². The van der Waals surface area contributed by atoms with Crippen molar-refractivity contribution < 1.29 is 19.1 Å². The van der Waals surface area contributed by atoms with Crippen molar-refractivity contribution >= 4 is 17.8 Å². The van der Waals surface area contributed by atoms with Crippen LogP contribution in [0.15, 0.2) is 48.5 Å². The molecular formula is C24H28N2O4. The van der Waals surface area contributed by atoms with Crippen molar-refractivity contribution in [3.05, 3.63) is 65.2 Å². The van der Waals surface area contributed by atoms with Crippen molar-refractivity contribution in [2.75, 3.05) is 13.1 Å². The Hall–Kier alpha value is -3.15. The topological polar surface area (TPSA) is 75.7 Å². The molecule has 30 heavy (non-hydrogen) atoms. The van der Waals surface area contributed by atoms with E-state index in [1.54, 1.807) is 24.3 Å². The number of ether oxygens (including phenoxy) is 1. The summed E-state index contributed by atoms with van der Waals surface area (Å²) < 4.78 is 5.03. The smallest absolute Gasteiger partial charge is 0.308 e. The van der Waals surface area contributed by atoms with Crippen molar-refractivity contribution in [2.24, 2.45) is 0 Å². The third-order valence-corrected chi connectivity index (χ3v) is 5.29. The van der Waals surface area contributed by atoms with Gasteiger partial charge in [0.05, 0.1) is 0 Å². The molecule has 1 N–H and O–H groups in total. The van der Waals surface area contributed by atoms with Gasteiger partial charge in [0.25, 0.3) is 5.91 Å². The lowest BCUT2D eigenvalue weighted by atomic mass is 10.0. The minimum Gasteiger partial charge on any atom is -0.427 e. The van der Waals surface area contributed by atoms with Crippen LogP contribution in [0, 0.1) is 6.92 Å². The maximum atomic E-state index is 12.5. The number of carbonyl (C=O) groups excluding carboxylic acids is 3. The van der Waals surface area contributed by atoms with Gasteiger partial charge in [-0.25, -0.2) is 0 Å². The van der Waals surface area contributed by atoms with E-state index >= 15 is 0 Å². The molecule has 0 aliphatic carbocycles. The first-order valence-corrected chi connectivity index (χ1v) is 10.3. The number of piperidine rings is 1. The fraction of sp³-hybridized carbons (Fsp3) is 0.375. The zero-order valence-electron chi connectivity index (χ0n) is 17.5. The monoisotopic (exact) mass is 408 g/mol. The molecule has 2 amide bonds. The number of aryl methyl sites for hydroxylation is 2. The molecule has 0 spiro atoms. The quantitative estimate of drug-likeness (QED) is 0.588. The summed E-state index contributed by atoms with van der Waals surface area (Å²) >= 11 is 0. The normalized spacial score (nSPS) is 14.3. The highest BCUT2D eigenvalue weighted by Gasteiger charge is 2.24. The van der Waals surface area contributed by atoms with Crippen LogP contribution in [0.1, 0.15) is 47.7 Å². The molecule has 0 saturated carbocycles. The van der Waals surface area contributed by atoms with Gasteiger partial charge in [-0.1, -0.05) is 35.9 Å². The fourth-order valence-corrected chi connectivity index (χ4v) is 3.57.